The van der Waals surface area contributed by atoms with Crippen molar-refractivity contribution in [3.63, 3.8) is 0 Å². The van der Waals surface area contributed by atoms with E-state index in [1.165, 1.54) is 0 Å². The highest BCUT2D eigenvalue weighted by Crippen LogP contribution is 2.11. The summed E-state index contributed by atoms with van der Waals surface area (Å²) in [6.07, 6.45) is 0. The van der Waals surface area contributed by atoms with E-state index in [1.54, 1.807) is 0 Å². The van der Waals surface area contributed by atoms with Gasteiger partial charge in [-0.2, -0.15) is 0 Å². The highest BCUT2D eigenvalue weighted by atomic mass is 35.7. The van der Waals surface area contributed by atoms with Crippen molar-refractivity contribution in [3.05, 3.63) is 0 Å². The van der Waals surface area contributed by atoms with E-state index in [2.05, 4.69) is 5.32 Å². The Morgan fingerprint density at radius 2 is 2.22 bits per heavy atom. The minimum atomic E-state index is -1.78. The van der Waals surface area contributed by atoms with Gasteiger partial charge in [0, 0.05) is 0 Å². The Labute approximate surface area is 58.2 Å². The number of hydrogen-bond acceptors (Lipinski definition) is 3. The highest BCUT2D eigenvalue weighted by Gasteiger charge is 2.46. The van der Waals surface area contributed by atoms with Gasteiger partial charge in [-0.25, -0.2) is 0 Å². The number of β-lactam (4-membered cyclic amide) rings is 1. The Morgan fingerprint density at radius 1 is 1.67 bits per heavy atom. The van der Waals surface area contributed by atoms with E-state index in [4.69, 9.17) is 10.7 Å². The summed E-state index contributed by atoms with van der Waals surface area (Å²) in [6.45, 7) is 0. The van der Waals surface area contributed by atoms with Gasteiger partial charge in [0.2, 0.25) is 0 Å². The molecule has 0 aromatic rings. The van der Waals surface area contributed by atoms with Crippen LogP contribution in [-0.4, -0.2) is 21.6 Å². The van der Waals surface area contributed by atoms with Gasteiger partial charge >= 0.3 is 0 Å². The van der Waals surface area contributed by atoms with Gasteiger partial charge in [0.25, 0.3) is 17.1 Å². The summed E-state index contributed by atoms with van der Waals surface area (Å²) in [5.41, 5.74) is 0. The number of nitrogens with one attached hydrogen (secondary N) is 1. The van der Waals surface area contributed by atoms with Gasteiger partial charge in [-0.3, -0.25) is 14.9 Å². The van der Waals surface area contributed by atoms with Crippen molar-refractivity contribution in [2.24, 2.45) is 0 Å². The molecule has 1 amide bonds. The van der Waals surface area contributed by atoms with Crippen LogP contribution >= 0.6 is 10.7 Å². The third-order valence-electron chi connectivity index (χ3n) is 0.909. The third-order valence-corrected chi connectivity index (χ3v) is 2.15. The molecule has 9 heavy (non-hydrogen) atoms. The van der Waals surface area contributed by atoms with E-state index in [0.29, 0.717) is 0 Å². The largest absolute Gasteiger partial charge is 0.597 e. The molecule has 0 spiro atoms. The van der Waals surface area contributed by atoms with Gasteiger partial charge in [-0.1, -0.05) is 0 Å². The van der Waals surface area contributed by atoms with E-state index >= 15 is 0 Å². The van der Waals surface area contributed by atoms with Crippen LogP contribution in [0.3, 0.4) is 0 Å². The second-order valence-corrected chi connectivity index (χ2v) is 3.35. The van der Waals surface area contributed by atoms with E-state index in [-0.39, 0.29) is 0 Å². The quantitative estimate of drug-likeness (QED) is 0.307. The van der Waals surface area contributed by atoms with E-state index in [0.717, 1.165) is 0 Å². The van der Waals surface area contributed by atoms with Crippen LogP contribution in [0.15, 0.2) is 0 Å². The molecule has 0 radical (unpaired) electrons. The Bertz CT molecular complexity index is 170. The first-order chi connectivity index (χ1) is 4.13. The Balaban J connectivity index is 2.52. The molecule has 2 unspecified atom stereocenters. The predicted octanol–water partition coefficient (Wildman–Crippen LogP) is -1.09. The number of halogens is 1. The molecule has 1 heterocycles. The summed E-state index contributed by atoms with van der Waals surface area (Å²) < 4.78 is 10.2. The van der Waals surface area contributed by atoms with Gasteiger partial charge in [-0.05, 0) is 0 Å². The number of amides is 1. The molecule has 1 saturated heterocycles. The molecule has 1 aliphatic rings. The Morgan fingerprint density at radius 3 is 2.33 bits per heavy atom. The monoisotopic (exact) mass is 167 g/mol. The van der Waals surface area contributed by atoms with Gasteiger partial charge in [0.1, 0.15) is 0 Å². The fourth-order valence-electron chi connectivity index (χ4n) is 0.428. The maximum atomic E-state index is 10.3. The van der Waals surface area contributed by atoms with Crippen molar-refractivity contribution in [2.75, 3.05) is 0 Å². The predicted molar refractivity (Wildman–Crippen MR) is 30.9 cm³/mol. The van der Waals surface area contributed by atoms with Crippen LogP contribution in [0.2, 0.25) is 0 Å². The molecular formula is C3H2ClNO3S. The summed E-state index contributed by atoms with van der Waals surface area (Å²) in [5, 5.41) is 1.10. The summed E-state index contributed by atoms with van der Waals surface area (Å²) >= 11 is 0. The third kappa shape index (κ3) is 1.03. The van der Waals surface area contributed by atoms with E-state index < -0.39 is 27.5 Å². The molecular weight excluding hydrogens is 166 g/mol. The van der Waals surface area contributed by atoms with Crippen LogP contribution in [0, 0.1) is 0 Å². The lowest BCUT2D eigenvalue weighted by Crippen LogP contribution is -2.61. The van der Waals surface area contributed by atoms with Crippen molar-refractivity contribution in [2.45, 2.75) is 5.37 Å². The second-order valence-electron chi connectivity index (χ2n) is 1.47. The summed E-state index contributed by atoms with van der Waals surface area (Å²) in [5.74, 6) is -1.42. The molecule has 1 rings (SSSR count). The minimum Gasteiger partial charge on any atom is -0.597 e. The number of Topliss-reactive ketones (excluding diaryl/α,β-unsaturated/α-hetero) is 1. The van der Waals surface area contributed by atoms with Crippen molar-refractivity contribution in [1.29, 1.82) is 0 Å². The second kappa shape index (κ2) is 2.17. The maximum absolute atomic E-state index is 10.3. The topological polar surface area (TPSA) is 69.2 Å². The number of ketones is 1. The lowest BCUT2D eigenvalue weighted by atomic mass is 10.2. The molecule has 50 valence electrons. The number of carbonyl (C=O) groups is 2. The van der Waals surface area contributed by atoms with Gasteiger partial charge in [-0.15, -0.1) is 0 Å². The van der Waals surface area contributed by atoms with Crippen molar-refractivity contribution in [3.8, 4) is 0 Å². The lowest BCUT2D eigenvalue weighted by Gasteiger charge is -2.21. The van der Waals surface area contributed by atoms with Gasteiger partial charge < -0.3 is 4.55 Å². The molecule has 0 bridgehead atoms. The number of hydrogen-bond donors (Lipinski definition) is 1. The zero-order valence-corrected chi connectivity index (χ0v) is 5.66. The molecule has 0 aromatic carbocycles. The Kier molecular flexibility index (Phi) is 1.65. The molecule has 0 aliphatic carbocycles. The zero-order valence-electron chi connectivity index (χ0n) is 4.09. The van der Waals surface area contributed by atoms with Gasteiger partial charge in [0.15, 0.2) is 10.7 Å². The van der Waals surface area contributed by atoms with Crippen molar-refractivity contribution in [1.82, 2.24) is 5.32 Å². The highest BCUT2D eigenvalue weighted by molar-refractivity contribution is 8.15. The molecule has 0 saturated carbocycles. The van der Waals surface area contributed by atoms with Crippen LogP contribution < -0.4 is 5.32 Å². The summed E-state index contributed by atoms with van der Waals surface area (Å²) in [6, 6.07) is 0. The lowest BCUT2D eigenvalue weighted by molar-refractivity contribution is -0.144. The molecule has 1 fully saturated rings. The average molecular weight is 168 g/mol. The van der Waals surface area contributed by atoms with Crippen LogP contribution in [0.5, 0.6) is 0 Å². The minimum absolute atomic E-state index is 0.705. The van der Waals surface area contributed by atoms with Crippen LogP contribution in [0.4, 0.5) is 0 Å². The zero-order chi connectivity index (χ0) is 7.02. The molecule has 1 N–H and O–H groups in total. The first-order valence-corrected chi connectivity index (χ1v) is 4.08. The molecule has 1 aliphatic heterocycles. The first-order valence-electron chi connectivity index (χ1n) is 2.04. The first kappa shape index (κ1) is 6.85. The van der Waals surface area contributed by atoms with E-state index in [9.17, 15) is 14.1 Å². The molecule has 6 heteroatoms. The summed E-state index contributed by atoms with van der Waals surface area (Å²) in [4.78, 5) is 20.4. The van der Waals surface area contributed by atoms with E-state index in [1.807, 2.05) is 0 Å². The standard InChI is InChI=1S/C3H2ClNO3S/c4-9(8)3-1(6)2(7)5-3/h3H,(H,5,7). The normalized spacial score (nSPS) is 28.9. The molecule has 2 atom stereocenters. The van der Waals surface area contributed by atoms with Crippen molar-refractivity contribution < 1.29 is 14.1 Å². The summed E-state index contributed by atoms with van der Waals surface area (Å²) in [7, 11) is 3.19. The SMILES string of the molecule is O=C1NC([S+]([O-])Cl)C1=O. The maximum Gasteiger partial charge on any atom is 0.299 e. The number of rotatable bonds is 1. The Hall–Kier alpha value is -0.260. The fraction of sp³-hybridized carbons (Fsp3) is 0.333. The number of carbonyl (C=O) groups excluding carboxylic acids is 2. The van der Waals surface area contributed by atoms with Crippen LogP contribution in [0.25, 0.3) is 0 Å². The van der Waals surface area contributed by atoms with Crippen molar-refractivity contribution >= 4 is 32.8 Å². The smallest absolute Gasteiger partial charge is 0.299 e. The van der Waals surface area contributed by atoms with Crippen LogP contribution in [-0.2, 0) is 20.0 Å². The fourth-order valence-corrected chi connectivity index (χ4v) is 1.28. The van der Waals surface area contributed by atoms with Gasteiger partial charge in [0.05, 0.1) is 10.4 Å². The molecule has 4 nitrogen and oxygen atoms in total. The average Bonchev–Trinajstić information content (AvgIpc) is 1.81. The molecule has 0 aromatic heterocycles. The van der Waals surface area contributed by atoms with Crippen LogP contribution in [0.1, 0.15) is 0 Å².